The van der Waals surface area contributed by atoms with Crippen LogP contribution in [0.15, 0.2) is 48.5 Å². The van der Waals surface area contributed by atoms with Crippen LogP contribution in [0.2, 0.25) is 5.02 Å². The number of fused-ring (bicyclic) bond motifs is 1. The minimum Gasteiger partial charge on any atom is -0.368 e. The fraction of sp³-hybridized carbons (Fsp3) is 0.280. The van der Waals surface area contributed by atoms with Gasteiger partial charge >= 0.3 is 0 Å². The fourth-order valence-corrected chi connectivity index (χ4v) is 4.57. The largest absolute Gasteiger partial charge is 0.368 e. The first-order valence-electron chi connectivity index (χ1n) is 11.2. The number of hydrogen-bond donors (Lipinski definition) is 0. The van der Waals surface area contributed by atoms with E-state index in [0.29, 0.717) is 42.8 Å². The Morgan fingerprint density at radius 1 is 1.00 bits per heavy atom. The van der Waals surface area contributed by atoms with Crippen LogP contribution in [-0.4, -0.2) is 56.6 Å². The second-order valence-electron chi connectivity index (χ2n) is 8.41. The molecule has 0 aliphatic carbocycles. The van der Waals surface area contributed by atoms with Crippen LogP contribution < -0.4 is 4.90 Å². The van der Waals surface area contributed by atoms with E-state index in [2.05, 4.69) is 20.0 Å². The number of carbonyl (C=O) groups excluding carboxylic acids is 1. The maximum atomic E-state index is 13.2. The summed E-state index contributed by atoms with van der Waals surface area (Å²) in [5.74, 6) is 0.785. The average Bonchev–Trinajstić information content (AvgIpc) is 3.26. The monoisotopic (exact) mass is 478 g/mol. The molecule has 1 saturated heterocycles. The van der Waals surface area contributed by atoms with Gasteiger partial charge in [-0.15, -0.1) is 5.10 Å². The van der Waals surface area contributed by atoms with Gasteiger partial charge in [0.15, 0.2) is 5.82 Å². The third kappa shape index (κ3) is 4.21. The molecule has 0 atom stereocenters. The number of benzene rings is 2. The van der Waals surface area contributed by atoms with E-state index in [1.807, 2.05) is 36.9 Å². The lowest BCUT2D eigenvalue weighted by atomic mass is 10.1. The lowest BCUT2D eigenvalue weighted by Crippen LogP contribution is -2.49. The summed E-state index contributed by atoms with van der Waals surface area (Å²) >= 11 is 6.32. The normalized spacial score (nSPS) is 14.1. The Morgan fingerprint density at radius 2 is 1.71 bits per heavy atom. The number of carbonyl (C=O) groups is 1. The van der Waals surface area contributed by atoms with Gasteiger partial charge in [-0.3, -0.25) is 4.79 Å². The van der Waals surface area contributed by atoms with E-state index in [1.165, 1.54) is 12.1 Å². The van der Waals surface area contributed by atoms with Crippen molar-refractivity contribution in [3.05, 3.63) is 76.3 Å². The Morgan fingerprint density at radius 3 is 2.41 bits per heavy atom. The summed E-state index contributed by atoms with van der Waals surface area (Å²) in [4.78, 5) is 26.3. The molecule has 0 radical (unpaired) electrons. The molecular weight excluding hydrogens is 455 g/mol. The average molecular weight is 479 g/mol. The van der Waals surface area contributed by atoms with Gasteiger partial charge in [-0.05, 0) is 50.2 Å². The maximum absolute atomic E-state index is 13.2. The number of amides is 1. The van der Waals surface area contributed by atoms with Gasteiger partial charge in [0.25, 0.3) is 5.78 Å². The molecule has 174 valence electrons. The van der Waals surface area contributed by atoms with E-state index in [9.17, 15) is 9.18 Å². The van der Waals surface area contributed by atoms with Crippen molar-refractivity contribution in [1.82, 2.24) is 24.5 Å². The topological polar surface area (TPSA) is 66.6 Å². The molecule has 5 rings (SSSR count). The highest BCUT2D eigenvalue weighted by atomic mass is 35.5. The van der Waals surface area contributed by atoms with Crippen molar-refractivity contribution in [3.63, 3.8) is 0 Å². The number of rotatable bonds is 4. The zero-order chi connectivity index (χ0) is 23.8. The zero-order valence-electron chi connectivity index (χ0n) is 19.0. The quantitative estimate of drug-likeness (QED) is 0.442. The Labute approximate surface area is 201 Å². The van der Waals surface area contributed by atoms with Crippen LogP contribution in [0, 0.1) is 19.7 Å². The van der Waals surface area contributed by atoms with E-state index in [0.717, 1.165) is 28.2 Å². The second-order valence-corrected chi connectivity index (χ2v) is 8.82. The first kappa shape index (κ1) is 22.3. The number of halogens is 2. The van der Waals surface area contributed by atoms with Gasteiger partial charge in [-0.25, -0.2) is 13.9 Å². The molecular formula is C25H24ClFN6O. The number of aryl methyl sites for hydroxylation is 2. The van der Waals surface area contributed by atoms with Crippen molar-refractivity contribution >= 4 is 29.0 Å². The molecule has 2 aromatic heterocycles. The van der Waals surface area contributed by atoms with Crippen LogP contribution in [-0.2, 0) is 11.2 Å². The molecule has 7 nitrogen and oxygen atoms in total. The van der Waals surface area contributed by atoms with Crippen LogP contribution in [0.5, 0.6) is 0 Å². The van der Waals surface area contributed by atoms with E-state index < -0.39 is 0 Å². The summed E-state index contributed by atoms with van der Waals surface area (Å²) in [6, 6.07) is 13.9. The zero-order valence-corrected chi connectivity index (χ0v) is 19.8. The molecule has 0 unspecified atom stereocenters. The molecule has 0 saturated carbocycles. The molecule has 0 N–H and O–H groups in total. The van der Waals surface area contributed by atoms with Gasteiger partial charge < -0.3 is 9.80 Å². The van der Waals surface area contributed by atoms with Crippen molar-refractivity contribution < 1.29 is 9.18 Å². The lowest BCUT2D eigenvalue weighted by molar-refractivity contribution is -0.130. The van der Waals surface area contributed by atoms with E-state index >= 15 is 0 Å². The number of nitrogens with zero attached hydrogens (tertiary/aromatic N) is 6. The maximum Gasteiger partial charge on any atom is 0.253 e. The number of anilines is 1. The van der Waals surface area contributed by atoms with Gasteiger partial charge in [-0.2, -0.15) is 4.98 Å². The van der Waals surface area contributed by atoms with Gasteiger partial charge in [0, 0.05) is 54.4 Å². The standard InChI is InChI=1S/C25H24ClFN6O/c1-16-21(15-23(34)32-13-11-31(12-14-32)19-9-7-18(27)8-10-19)17(2)33-25(28-16)29-24(30-33)20-5-3-4-6-22(20)26/h3-10H,11-15H2,1-2H3. The Kier molecular flexibility index (Phi) is 5.91. The van der Waals surface area contributed by atoms with E-state index in [1.54, 1.807) is 22.7 Å². The van der Waals surface area contributed by atoms with Crippen LogP contribution in [0.25, 0.3) is 17.2 Å². The summed E-state index contributed by atoms with van der Waals surface area (Å²) in [6.07, 6.45) is 0.248. The second kappa shape index (κ2) is 9.02. The summed E-state index contributed by atoms with van der Waals surface area (Å²) in [6.45, 7) is 6.47. The van der Waals surface area contributed by atoms with Crippen molar-refractivity contribution in [2.45, 2.75) is 20.3 Å². The van der Waals surface area contributed by atoms with Crippen LogP contribution in [0.4, 0.5) is 10.1 Å². The van der Waals surface area contributed by atoms with E-state index in [4.69, 9.17) is 11.6 Å². The molecule has 2 aromatic carbocycles. The molecule has 1 amide bonds. The highest BCUT2D eigenvalue weighted by Crippen LogP contribution is 2.26. The van der Waals surface area contributed by atoms with Gasteiger partial charge in [0.1, 0.15) is 5.82 Å². The minimum atomic E-state index is -0.250. The SMILES string of the molecule is Cc1nc2nc(-c3ccccc3Cl)nn2c(C)c1CC(=O)N1CCN(c2ccc(F)cc2)CC1. The highest BCUT2D eigenvalue weighted by molar-refractivity contribution is 6.33. The molecule has 0 spiro atoms. The smallest absolute Gasteiger partial charge is 0.253 e. The van der Waals surface area contributed by atoms with Crippen molar-refractivity contribution in [3.8, 4) is 11.4 Å². The molecule has 4 aromatic rings. The van der Waals surface area contributed by atoms with Gasteiger partial charge in [0.05, 0.1) is 11.4 Å². The molecule has 1 fully saturated rings. The minimum absolute atomic E-state index is 0.0533. The predicted molar refractivity (Wildman–Crippen MR) is 130 cm³/mol. The van der Waals surface area contributed by atoms with Crippen LogP contribution in [0.1, 0.15) is 17.0 Å². The molecule has 0 bridgehead atoms. The number of piperazine rings is 1. The summed E-state index contributed by atoms with van der Waals surface area (Å²) in [7, 11) is 0. The van der Waals surface area contributed by atoms with Gasteiger partial charge in [0.2, 0.25) is 5.91 Å². The molecule has 9 heteroatoms. The summed E-state index contributed by atoms with van der Waals surface area (Å²) in [5, 5.41) is 5.19. The molecule has 1 aliphatic rings. The van der Waals surface area contributed by atoms with Crippen molar-refractivity contribution in [1.29, 1.82) is 0 Å². The lowest BCUT2D eigenvalue weighted by Gasteiger charge is -2.36. The summed E-state index contributed by atoms with van der Waals surface area (Å²) in [5.41, 5.74) is 4.17. The Balaban J connectivity index is 1.33. The van der Waals surface area contributed by atoms with Crippen LogP contribution in [0.3, 0.4) is 0 Å². The third-order valence-electron chi connectivity index (χ3n) is 6.32. The first-order valence-corrected chi connectivity index (χ1v) is 11.5. The predicted octanol–water partition coefficient (Wildman–Crippen LogP) is 4.09. The first-order chi connectivity index (χ1) is 16.4. The molecule has 3 heterocycles. The van der Waals surface area contributed by atoms with Crippen molar-refractivity contribution in [2.24, 2.45) is 0 Å². The van der Waals surface area contributed by atoms with Gasteiger partial charge in [-0.1, -0.05) is 23.7 Å². The fourth-order valence-electron chi connectivity index (χ4n) is 4.35. The van der Waals surface area contributed by atoms with Crippen LogP contribution >= 0.6 is 11.6 Å². The van der Waals surface area contributed by atoms with Crippen molar-refractivity contribution in [2.75, 3.05) is 31.1 Å². The number of aromatic nitrogens is 4. The molecule has 34 heavy (non-hydrogen) atoms. The van der Waals surface area contributed by atoms with E-state index in [-0.39, 0.29) is 18.1 Å². The number of hydrogen-bond acceptors (Lipinski definition) is 5. The molecule has 1 aliphatic heterocycles. The Hall–Kier alpha value is -3.52. The highest BCUT2D eigenvalue weighted by Gasteiger charge is 2.24. The Bertz CT molecular complexity index is 1360. The third-order valence-corrected chi connectivity index (χ3v) is 6.65. The summed E-state index contributed by atoms with van der Waals surface area (Å²) < 4.78 is 14.9.